The molecule has 0 aromatic heterocycles. The molecule has 98 valence electrons. The quantitative estimate of drug-likeness (QED) is 0.651. The standard InChI is InChI=1S/C11H20N2O4/c1-7-5-13(6-8(2)17-7)9(3)10(14)12-11(15)16-4/h7-9H,5-6H2,1-4H3,(H,12,14,15)/p+1/t7-,8-,9+/m1/s1. The molecule has 2 amide bonds. The van der Waals surface area contributed by atoms with Crippen LogP contribution in [0.25, 0.3) is 0 Å². The van der Waals surface area contributed by atoms with Gasteiger partial charge in [0.1, 0.15) is 25.3 Å². The highest BCUT2D eigenvalue weighted by molar-refractivity contribution is 5.93. The molecule has 0 aromatic rings. The third kappa shape index (κ3) is 3.98. The van der Waals surface area contributed by atoms with Crippen LogP contribution in [0, 0.1) is 0 Å². The number of carbonyl (C=O) groups excluding carboxylic acids is 2. The average Bonchev–Trinajstić information content (AvgIpc) is 2.26. The predicted molar refractivity (Wildman–Crippen MR) is 60.7 cm³/mol. The van der Waals surface area contributed by atoms with Crippen molar-refractivity contribution in [1.29, 1.82) is 0 Å². The Bertz CT molecular complexity index is 285. The minimum absolute atomic E-state index is 0.127. The zero-order valence-electron chi connectivity index (χ0n) is 10.8. The first kappa shape index (κ1) is 13.9. The van der Waals surface area contributed by atoms with Crippen LogP contribution in [-0.4, -0.2) is 50.4 Å². The van der Waals surface area contributed by atoms with Crippen LogP contribution < -0.4 is 10.2 Å². The molecule has 1 aliphatic heterocycles. The molecule has 1 saturated heterocycles. The Balaban J connectivity index is 2.53. The first-order valence-corrected chi connectivity index (χ1v) is 5.83. The van der Waals surface area contributed by atoms with Crippen LogP contribution in [0.1, 0.15) is 20.8 Å². The van der Waals surface area contributed by atoms with E-state index in [4.69, 9.17) is 4.74 Å². The van der Waals surface area contributed by atoms with E-state index in [9.17, 15) is 9.59 Å². The van der Waals surface area contributed by atoms with Crippen molar-refractivity contribution in [3.8, 4) is 0 Å². The fraction of sp³-hybridized carbons (Fsp3) is 0.818. The van der Waals surface area contributed by atoms with Crippen LogP contribution in [0.5, 0.6) is 0 Å². The van der Waals surface area contributed by atoms with Gasteiger partial charge in [-0.1, -0.05) is 0 Å². The molecular weight excluding hydrogens is 224 g/mol. The number of nitrogens with one attached hydrogen (secondary N) is 2. The highest BCUT2D eigenvalue weighted by Gasteiger charge is 2.33. The Hall–Kier alpha value is -1.14. The number of hydrogen-bond acceptors (Lipinski definition) is 4. The van der Waals surface area contributed by atoms with E-state index in [1.165, 1.54) is 7.11 Å². The minimum Gasteiger partial charge on any atom is -0.453 e. The van der Waals surface area contributed by atoms with Gasteiger partial charge in [0.15, 0.2) is 6.04 Å². The maximum absolute atomic E-state index is 11.8. The number of ether oxygens (including phenoxy) is 2. The molecule has 0 radical (unpaired) electrons. The molecule has 17 heavy (non-hydrogen) atoms. The van der Waals surface area contributed by atoms with Crippen molar-refractivity contribution in [3.63, 3.8) is 0 Å². The van der Waals surface area contributed by atoms with Crippen molar-refractivity contribution in [2.75, 3.05) is 20.2 Å². The summed E-state index contributed by atoms with van der Waals surface area (Å²) in [6.45, 7) is 7.31. The molecule has 3 atom stereocenters. The summed E-state index contributed by atoms with van der Waals surface area (Å²) >= 11 is 0. The van der Waals surface area contributed by atoms with Crippen molar-refractivity contribution < 1.29 is 24.0 Å². The van der Waals surface area contributed by atoms with E-state index in [-0.39, 0.29) is 24.2 Å². The number of morpholine rings is 1. The van der Waals surface area contributed by atoms with Crippen LogP contribution in [0.4, 0.5) is 4.79 Å². The lowest BCUT2D eigenvalue weighted by molar-refractivity contribution is -0.928. The second kappa shape index (κ2) is 5.97. The normalized spacial score (nSPS) is 30.5. The molecule has 2 N–H and O–H groups in total. The number of carbonyl (C=O) groups is 2. The topological polar surface area (TPSA) is 69.1 Å². The molecule has 6 heteroatoms. The number of hydrogen-bond donors (Lipinski definition) is 2. The van der Waals surface area contributed by atoms with E-state index >= 15 is 0 Å². The third-order valence-corrected chi connectivity index (χ3v) is 2.98. The fourth-order valence-corrected chi connectivity index (χ4v) is 2.11. The zero-order chi connectivity index (χ0) is 13.0. The smallest absolute Gasteiger partial charge is 0.413 e. The number of rotatable bonds is 2. The second-order valence-corrected chi connectivity index (χ2v) is 4.53. The van der Waals surface area contributed by atoms with Crippen LogP contribution in [0.2, 0.25) is 0 Å². The van der Waals surface area contributed by atoms with Crippen LogP contribution in [0.15, 0.2) is 0 Å². The van der Waals surface area contributed by atoms with Crippen molar-refractivity contribution >= 4 is 12.0 Å². The number of imide groups is 1. The van der Waals surface area contributed by atoms with E-state index in [2.05, 4.69) is 10.1 Å². The SMILES string of the molecule is COC(=O)NC(=O)[C@H](C)[NH+]1C[C@@H](C)O[C@H](C)C1. The first-order valence-electron chi connectivity index (χ1n) is 5.83. The molecule has 1 heterocycles. The summed E-state index contributed by atoms with van der Waals surface area (Å²) in [5.74, 6) is -0.312. The van der Waals surface area contributed by atoms with Gasteiger partial charge in [-0.2, -0.15) is 0 Å². The second-order valence-electron chi connectivity index (χ2n) is 4.53. The van der Waals surface area contributed by atoms with E-state index in [0.29, 0.717) is 0 Å². The molecule has 1 fully saturated rings. The van der Waals surface area contributed by atoms with Crippen molar-refractivity contribution in [3.05, 3.63) is 0 Å². The van der Waals surface area contributed by atoms with E-state index in [1.54, 1.807) is 6.92 Å². The zero-order valence-corrected chi connectivity index (χ0v) is 10.8. The molecule has 0 aromatic carbocycles. The Morgan fingerprint density at radius 2 is 1.88 bits per heavy atom. The predicted octanol–water partition coefficient (Wildman–Crippen LogP) is -1.05. The van der Waals surface area contributed by atoms with Crippen LogP contribution in [-0.2, 0) is 14.3 Å². The largest absolute Gasteiger partial charge is 0.453 e. The van der Waals surface area contributed by atoms with Crippen molar-refractivity contribution in [2.45, 2.75) is 39.0 Å². The van der Waals surface area contributed by atoms with Crippen molar-refractivity contribution in [1.82, 2.24) is 5.32 Å². The Morgan fingerprint density at radius 1 is 1.35 bits per heavy atom. The summed E-state index contributed by atoms with van der Waals surface area (Å²) in [6, 6.07) is -0.289. The molecule has 0 bridgehead atoms. The molecular formula is C11H21N2O4+. The highest BCUT2D eigenvalue weighted by Crippen LogP contribution is 1.99. The van der Waals surface area contributed by atoms with Gasteiger partial charge in [-0.25, -0.2) is 4.79 Å². The van der Waals surface area contributed by atoms with Crippen LogP contribution in [0.3, 0.4) is 0 Å². The summed E-state index contributed by atoms with van der Waals surface area (Å²) < 4.78 is 10.0. The number of amides is 2. The van der Waals surface area contributed by atoms with Gasteiger partial charge in [0.05, 0.1) is 7.11 Å². The maximum atomic E-state index is 11.8. The average molecular weight is 245 g/mol. The molecule has 6 nitrogen and oxygen atoms in total. The maximum Gasteiger partial charge on any atom is 0.413 e. The van der Waals surface area contributed by atoms with E-state index < -0.39 is 6.09 Å². The van der Waals surface area contributed by atoms with E-state index in [0.717, 1.165) is 18.0 Å². The van der Waals surface area contributed by atoms with Crippen LogP contribution >= 0.6 is 0 Å². The highest BCUT2D eigenvalue weighted by atomic mass is 16.5. The Morgan fingerprint density at radius 3 is 2.35 bits per heavy atom. The lowest BCUT2D eigenvalue weighted by Crippen LogP contribution is -3.19. The van der Waals surface area contributed by atoms with Gasteiger partial charge in [0, 0.05) is 0 Å². The van der Waals surface area contributed by atoms with Gasteiger partial charge in [0.2, 0.25) is 0 Å². The fourth-order valence-electron chi connectivity index (χ4n) is 2.11. The monoisotopic (exact) mass is 245 g/mol. The lowest BCUT2D eigenvalue weighted by atomic mass is 10.1. The minimum atomic E-state index is -0.712. The Kier molecular flexibility index (Phi) is 4.89. The Labute approximate surface area is 101 Å². The molecule has 0 aliphatic carbocycles. The summed E-state index contributed by atoms with van der Waals surface area (Å²) in [5, 5.41) is 2.19. The summed E-state index contributed by atoms with van der Waals surface area (Å²) in [6.07, 6.45) is -0.458. The van der Waals surface area contributed by atoms with E-state index in [1.807, 2.05) is 13.8 Å². The number of alkyl carbamates (subject to hydrolysis) is 1. The lowest BCUT2D eigenvalue weighted by Gasteiger charge is -2.35. The number of quaternary nitrogens is 1. The first-order chi connectivity index (χ1) is 7.93. The van der Waals surface area contributed by atoms with Crippen molar-refractivity contribution in [2.24, 2.45) is 0 Å². The summed E-state index contributed by atoms with van der Waals surface area (Å²) in [5.41, 5.74) is 0. The third-order valence-electron chi connectivity index (χ3n) is 2.98. The molecule has 0 unspecified atom stereocenters. The van der Waals surface area contributed by atoms with Gasteiger partial charge in [0.25, 0.3) is 5.91 Å². The molecule has 0 spiro atoms. The number of methoxy groups -OCH3 is 1. The molecule has 0 saturated carbocycles. The summed E-state index contributed by atoms with van der Waals surface area (Å²) in [7, 11) is 1.24. The molecule has 1 rings (SSSR count). The van der Waals surface area contributed by atoms with Gasteiger partial charge in [-0.15, -0.1) is 0 Å². The van der Waals surface area contributed by atoms with Gasteiger partial charge < -0.3 is 14.4 Å². The summed E-state index contributed by atoms with van der Waals surface area (Å²) in [4.78, 5) is 23.8. The van der Waals surface area contributed by atoms with Gasteiger partial charge in [-0.3, -0.25) is 10.1 Å². The van der Waals surface area contributed by atoms with Gasteiger partial charge >= 0.3 is 6.09 Å². The van der Waals surface area contributed by atoms with Gasteiger partial charge in [-0.05, 0) is 20.8 Å². The molecule has 1 aliphatic rings.